The third kappa shape index (κ3) is 3.82. The number of rotatable bonds is 6. The van der Waals surface area contributed by atoms with Gasteiger partial charge in [0.1, 0.15) is 11.5 Å². The number of carbonyl (C=O) groups is 1. The summed E-state index contributed by atoms with van der Waals surface area (Å²) in [5, 5.41) is 17.1. The molecule has 1 saturated heterocycles. The molecule has 2 aromatic heterocycles. The molecule has 3 heterocycles. The van der Waals surface area contributed by atoms with E-state index in [4.69, 9.17) is 0 Å². The van der Waals surface area contributed by atoms with Crippen molar-refractivity contribution in [2.75, 3.05) is 18.5 Å². The number of nitrogens with one attached hydrogen (secondary N) is 1. The van der Waals surface area contributed by atoms with E-state index in [1.807, 2.05) is 30.1 Å². The Morgan fingerprint density at radius 1 is 1.44 bits per heavy atom. The third-order valence-corrected chi connectivity index (χ3v) is 4.60. The summed E-state index contributed by atoms with van der Waals surface area (Å²) in [5.74, 6) is 0.548. The van der Waals surface area contributed by atoms with Gasteiger partial charge < -0.3 is 15.3 Å². The van der Waals surface area contributed by atoms with Crippen molar-refractivity contribution < 1.29 is 9.90 Å². The van der Waals surface area contributed by atoms with Crippen LogP contribution in [0, 0.1) is 0 Å². The van der Waals surface area contributed by atoms with Crippen LogP contribution in [0.2, 0.25) is 0 Å². The topological polar surface area (TPSA) is 83.3 Å². The van der Waals surface area contributed by atoms with E-state index in [-0.39, 0.29) is 18.6 Å². The molecule has 1 amide bonds. The Kier molecular flexibility index (Phi) is 5.33. The quantitative estimate of drug-likeness (QED) is 0.832. The van der Waals surface area contributed by atoms with Crippen LogP contribution in [0.1, 0.15) is 41.5 Å². The van der Waals surface area contributed by atoms with Gasteiger partial charge in [-0.1, -0.05) is 13.0 Å². The van der Waals surface area contributed by atoms with Gasteiger partial charge in [0.15, 0.2) is 0 Å². The number of anilines is 1. The lowest BCUT2D eigenvalue weighted by Crippen LogP contribution is -2.38. The van der Waals surface area contributed by atoms with Crippen LogP contribution < -0.4 is 5.32 Å². The van der Waals surface area contributed by atoms with Crippen LogP contribution in [0.15, 0.2) is 24.4 Å². The van der Waals surface area contributed by atoms with Crippen LogP contribution in [0.5, 0.6) is 0 Å². The van der Waals surface area contributed by atoms with Crippen molar-refractivity contribution in [3.8, 4) is 0 Å². The maximum Gasteiger partial charge on any atom is 0.272 e. The first kappa shape index (κ1) is 17.4. The summed E-state index contributed by atoms with van der Waals surface area (Å²) in [5.41, 5.74) is 2.60. The molecule has 134 valence electrons. The lowest BCUT2D eigenvalue weighted by molar-refractivity contribution is 0.0672. The van der Waals surface area contributed by atoms with E-state index >= 15 is 0 Å². The molecule has 7 nitrogen and oxygen atoms in total. The average molecular weight is 343 g/mol. The summed E-state index contributed by atoms with van der Waals surface area (Å²) in [6.45, 7) is 3.38. The summed E-state index contributed by atoms with van der Waals surface area (Å²) in [4.78, 5) is 18.8. The molecular formula is C18H25N5O2. The number of aliphatic hydroxyl groups excluding tert-OH is 1. The Hall–Kier alpha value is -2.41. The molecule has 7 heteroatoms. The number of likely N-dealkylation sites (tertiary alicyclic amines) is 1. The molecular weight excluding hydrogens is 318 g/mol. The predicted molar refractivity (Wildman–Crippen MR) is 95.3 cm³/mol. The Balaban J connectivity index is 1.70. The number of hydrogen-bond acceptors (Lipinski definition) is 5. The van der Waals surface area contributed by atoms with E-state index in [1.165, 1.54) is 0 Å². The first-order valence-electron chi connectivity index (χ1n) is 8.76. The van der Waals surface area contributed by atoms with Crippen molar-refractivity contribution >= 4 is 11.7 Å². The van der Waals surface area contributed by atoms with Crippen LogP contribution in [0.4, 0.5) is 5.82 Å². The molecule has 2 N–H and O–H groups in total. The SMILES string of the molecule is CCc1nn(C)cc1CNc1cccc(C(=O)N2CCCC2CO)n1. The molecule has 0 bridgehead atoms. The average Bonchev–Trinajstić information content (AvgIpc) is 3.25. The first-order chi connectivity index (χ1) is 12.1. The second-order valence-corrected chi connectivity index (χ2v) is 6.37. The highest BCUT2D eigenvalue weighted by Crippen LogP contribution is 2.20. The zero-order valence-electron chi connectivity index (χ0n) is 14.8. The lowest BCUT2D eigenvalue weighted by Gasteiger charge is -2.22. The molecule has 0 aliphatic carbocycles. The normalized spacial score (nSPS) is 17.1. The summed E-state index contributed by atoms with van der Waals surface area (Å²) in [6.07, 6.45) is 4.65. The second kappa shape index (κ2) is 7.65. The van der Waals surface area contributed by atoms with Gasteiger partial charge in [0.05, 0.1) is 18.3 Å². The first-order valence-corrected chi connectivity index (χ1v) is 8.76. The molecule has 0 spiro atoms. The van der Waals surface area contributed by atoms with Crippen molar-refractivity contribution in [1.29, 1.82) is 0 Å². The summed E-state index contributed by atoms with van der Waals surface area (Å²) in [6, 6.07) is 5.32. The van der Waals surface area contributed by atoms with Crippen LogP contribution in [0.3, 0.4) is 0 Å². The number of carbonyl (C=O) groups excluding carboxylic acids is 1. The number of hydrogen-bond donors (Lipinski definition) is 2. The minimum atomic E-state index is -0.115. The molecule has 0 radical (unpaired) electrons. The summed E-state index contributed by atoms with van der Waals surface area (Å²) in [7, 11) is 1.91. The van der Waals surface area contributed by atoms with E-state index in [0.717, 1.165) is 30.5 Å². The number of pyridine rings is 1. The summed E-state index contributed by atoms with van der Waals surface area (Å²) < 4.78 is 1.81. The number of aromatic nitrogens is 3. The highest BCUT2D eigenvalue weighted by molar-refractivity contribution is 5.93. The summed E-state index contributed by atoms with van der Waals surface area (Å²) >= 11 is 0. The van der Waals surface area contributed by atoms with Crippen molar-refractivity contribution in [1.82, 2.24) is 19.7 Å². The number of aliphatic hydroxyl groups is 1. The van der Waals surface area contributed by atoms with Crippen molar-refractivity contribution in [3.63, 3.8) is 0 Å². The zero-order chi connectivity index (χ0) is 17.8. The van der Waals surface area contributed by atoms with Gasteiger partial charge in [-0.2, -0.15) is 5.10 Å². The van der Waals surface area contributed by atoms with Gasteiger partial charge >= 0.3 is 0 Å². The van der Waals surface area contributed by atoms with Crippen LogP contribution in [-0.4, -0.2) is 49.9 Å². The van der Waals surface area contributed by atoms with E-state index in [1.54, 1.807) is 11.0 Å². The minimum absolute atomic E-state index is 0.00445. The van der Waals surface area contributed by atoms with Gasteiger partial charge in [0.2, 0.25) is 0 Å². The number of amides is 1. The Labute approximate surface area is 147 Å². The monoisotopic (exact) mass is 343 g/mol. The Morgan fingerprint density at radius 3 is 3.04 bits per heavy atom. The van der Waals surface area contributed by atoms with E-state index < -0.39 is 0 Å². The zero-order valence-corrected chi connectivity index (χ0v) is 14.8. The van der Waals surface area contributed by atoms with Gasteiger partial charge in [-0.3, -0.25) is 9.48 Å². The highest BCUT2D eigenvalue weighted by atomic mass is 16.3. The van der Waals surface area contributed by atoms with Crippen molar-refractivity contribution in [3.05, 3.63) is 41.3 Å². The fraction of sp³-hybridized carbons (Fsp3) is 0.500. The number of nitrogens with zero attached hydrogens (tertiary/aromatic N) is 4. The van der Waals surface area contributed by atoms with Crippen LogP contribution in [-0.2, 0) is 20.0 Å². The van der Waals surface area contributed by atoms with Gasteiger partial charge in [0, 0.05) is 31.9 Å². The fourth-order valence-electron chi connectivity index (χ4n) is 3.31. The molecule has 2 aromatic rings. The maximum atomic E-state index is 12.7. The predicted octanol–water partition coefficient (Wildman–Crippen LogP) is 1.59. The molecule has 0 saturated carbocycles. The molecule has 25 heavy (non-hydrogen) atoms. The van der Waals surface area contributed by atoms with Gasteiger partial charge in [0.25, 0.3) is 5.91 Å². The second-order valence-electron chi connectivity index (χ2n) is 6.37. The molecule has 0 aromatic carbocycles. The fourth-order valence-corrected chi connectivity index (χ4v) is 3.31. The Morgan fingerprint density at radius 2 is 2.28 bits per heavy atom. The largest absolute Gasteiger partial charge is 0.394 e. The molecule has 1 unspecified atom stereocenters. The van der Waals surface area contributed by atoms with E-state index in [0.29, 0.717) is 24.6 Å². The minimum Gasteiger partial charge on any atom is -0.394 e. The van der Waals surface area contributed by atoms with Gasteiger partial charge in [-0.15, -0.1) is 0 Å². The Bertz CT molecular complexity index is 743. The van der Waals surface area contributed by atoms with E-state index in [9.17, 15) is 9.90 Å². The van der Waals surface area contributed by atoms with E-state index in [2.05, 4.69) is 22.3 Å². The number of aryl methyl sites for hydroxylation is 2. The van der Waals surface area contributed by atoms with Gasteiger partial charge in [-0.05, 0) is 31.4 Å². The third-order valence-electron chi connectivity index (χ3n) is 4.60. The van der Waals surface area contributed by atoms with Crippen LogP contribution >= 0.6 is 0 Å². The van der Waals surface area contributed by atoms with Crippen molar-refractivity contribution in [2.24, 2.45) is 7.05 Å². The maximum absolute atomic E-state index is 12.7. The standard InChI is InChI=1S/C18H25N5O2/c1-3-15-13(11-22(2)21-15)10-19-17-8-4-7-16(20-17)18(25)23-9-5-6-14(23)12-24/h4,7-8,11,14,24H,3,5-6,9-10,12H2,1-2H3,(H,19,20). The lowest BCUT2D eigenvalue weighted by atomic mass is 10.2. The molecule has 1 aliphatic rings. The molecule has 1 fully saturated rings. The highest BCUT2D eigenvalue weighted by Gasteiger charge is 2.29. The molecule has 3 rings (SSSR count). The van der Waals surface area contributed by atoms with Crippen LogP contribution in [0.25, 0.3) is 0 Å². The van der Waals surface area contributed by atoms with Crippen molar-refractivity contribution in [2.45, 2.75) is 38.8 Å². The smallest absolute Gasteiger partial charge is 0.272 e. The molecule has 1 aliphatic heterocycles. The van der Waals surface area contributed by atoms with Gasteiger partial charge in [-0.25, -0.2) is 4.98 Å². The molecule has 1 atom stereocenters.